The Morgan fingerprint density at radius 3 is 1.63 bits per heavy atom. The van der Waals surface area contributed by atoms with Gasteiger partial charge in [0.25, 0.3) is 0 Å². The second kappa shape index (κ2) is 10.6. The molecule has 0 aliphatic carbocycles. The fraction of sp³-hybridized carbons (Fsp3) is 0. The van der Waals surface area contributed by atoms with Crippen molar-refractivity contribution in [1.82, 2.24) is 24.5 Å². The Kier molecular flexibility index (Phi) is 6.08. The molecule has 1 atom stereocenters. The molecule has 1 aliphatic heterocycles. The number of hydrogen-bond donors (Lipinski definition) is 0. The molecule has 6 aromatic carbocycles. The Hall–Kier alpha value is -5.98. The van der Waals surface area contributed by atoms with Gasteiger partial charge in [0.15, 0.2) is 17.5 Å². The first kappa shape index (κ1) is 26.4. The zero-order chi connectivity index (χ0) is 30.5. The third-order valence-corrected chi connectivity index (χ3v) is 13.5. The molecule has 0 saturated carbocycles. The van der Waals surface area contributed by atoms with Gasteiger partial charge in [-0.15, -0.1) is 0 Å². The number of nitrogens with zero attached hydrogens (tertiary/aromatic N) is 5. The van der Waals surface area contributed by atoms with Gasteiger partial charge in [-0.25, -0.2) is 19.9 Å². The summed E-state index contributed by atoms with van der Waals surface area (Å²) >= 11 is 0. The maximum atomic E-state index is 5.41. The van der Waals surface area contributed by atoms with E-state index in [4.69, 9.17) is 19.9 Å². The molecular formula is C40H27N5Si. The van der Waals surface area contributed by atoms with Gasteiger partial charge in [0.2, 0.25) is 8.07 Å². The van der Waals surface area contributed by atoms with E-state index in [-0.39, 0.29) is 0 Å². The van der Waals surface area contributed by atoms with Gasteiger partial charge in [0, 0.05) is 22.4 Å². The number of para-hydroxylation sites is 3. The monoisotopic (exact) mass is 605 g/mol. The fourth-order valence-electron chi connectivity index (χ4n) is 6.88. The van der Waals surface area contributed by atoms with Crippen molar-refractivity contribution in [2.24, 2.45) is 0 Å². The Morgan fingerprint density at radius 1 is 0.413 bits per heavy atom. The highest BCUT2D eigenvalue weighted by molar-refractivity contribution is 7.20. The van der Waals surface area contributed by atoms with Gasteiger partial charge < -0.3 is 0 Å². The summed E-state index contributed by atoms with van der Waals surface area (Å²) in [6.07, 6.45) is 0. The summed E-state index contributed by atoms with van der Waals surface area (Å²) < 4.78 is 2.39. The molecule has 0 saturated heterocycles. The third kappa shape index (κ3) is 4.01. The maximum absolute atomic E-state index is 5.41. The highest BCUT2D eigenvalue weighted by Gasteiger charge is 2.51. The highest BCUT2D eigenvalue weighted by Crippen LogP contribution is 2.28. The van der Waals surface area contributed by atoms with Crippen LogP contribution < -0.4 is 21.0 Å². The number of fused-ring (bicyclic) bond motifs is 5. The molecule has 46 heavy (non-hydrogen) atoms. The van der Waals surface area contributed by atoms with E-state index >= 15 is 0 Å². The van der Waals surface area contributed by atoms with Crippen molar-refractivity contribution in [1.29, 1.82) is 0 Å². The average Bonchev–Trinajstić information content (AvgIpc) is 3.66. The summed E-state index contributed by atoms with van der Waals surface area (Å²) in [6, 6.07) is 57.3. The second-order valence-corrected chi connectivity index (χ2v) is 15.2. The van der Waals surface area contributed by atoms with E-state index in [0.717, 1.165) is 33.2 Å². The average molecular weight is 606 g/mol. The van der Waals surface area contributed by atoms with Gasteiger partial charge in [-0.1, -0.05) is 146 Å². The van der Waals surface area contributed by atoms with Crippen LogP contribution in [0.2, 0.25) is 0 Å². The summed E-state index contributed by atoms with van der Waals surface area (Å²) in [6.45, 7) is 0. The first-order valence-corrected chi connectivity index (χ1v) is 17.4. The van der Waals surface area contributed by atoms with Gasteiger partial charge >= 0.3 is 0 Å². The molecule has 0 bridgehead atoms. The van der Waals surface area contributed by atoms with E-state index in [0.29, 0.717) is 17.5 Å². The summed E-state index contributed by atoms with van der Waals surface area (Å²) in [5.74, 6) is 1.95. The van der Waals surface area contributed by atoms with E-state index in [2.05, 4.69) is 108 Å². The molecular weight excluding hydrogens is 579 g/mol. The lowest BCUT2D eigenvalue weighted by Gasteiger charge is -2.28. The van der Waals surface area contributed by atoms with E-state index in [1.807, 2.05) is 60.7 Å². The number of aromatic nitrogens is 5. The largest absolute Gasteiger partial charge is 0.299 e. The summed E-state index contributed by atoms with van der Waals surface area (Å²) in [5, 5.41) is 3.86. The van der Waals surface area contributed by atoms with Gasteiger partial charge in [0.1, 0.15) is 5.45 Å². The number of imidazole rings is 1. The van der Waals surface area contributed by atoms with Crippen LogP contribution >= 0.6 is 0 Å². The Labute approximate surface area is 267 Å². The molecule has 1 aliphatic rings. The molecule has 0 fully saturated rings. The highest BCUT2D eigenvalue weighted by atomic mass is 28.3. The lowest BCUT2D eigenvalue weighted by molar-refractivity contribution is 1.07. The summed E-state index contributed by atoms with van der Waals surface area (Å²) in [7, 11) is -2.85. The molecule has 0 spiro atoms. The predicted molar refractivity (Wildman–Crippen MR) is 188 cm³/mol. The zero-order valence-corrected chi connectivity index (χ0v) is 25.8. The minimum Gasteiger partial charge on any atom is -0.299 e. The van der Waals surface area contributed by atoms with Crippen molar-refractivity contribution >= 4 is 40.1 Å². The van der Waals surface area contributed by atoms with E-state index in [1.54, 1.807) is 0 Å². The first-order chi connectivity index (χ1) is 22.8. The van der Waals surface area contributed by atoms with E-state index < -0.39 is 8.07 Å². The molecule has 2 aromatic heterocycles. The van der Waals surface area contributed by atoms with Gasteiger partial charge in [0.05, 0.1) is 11.0 Å². The van der Waals surface area contributed by atoms with Crippen LogP contribution in [0.25, 0.3) is 50.9 Å². The lowest BCUT2D eigenvalue weighted by atomic mass is 10.1. The van der Waals surface area contributed by atoms with E-state index in [1.165, 1.54) is 21.2 Å². The van der Waals surface area contributed by atoms with Crippen LogP contribution in [0.15, 0.2) is 164 Å². The van der Waals surface area contributed by atoms with Crippen LogP contribution in [0.1, 0.15) is 0 Å². The normalized spacial score (nSPS) is 15.0. The summed E-state index contributed by atoms with van der Waals surface area (Å²) in [5.41, 5.74) is 7.30. The van der Waals surface area contributed by atoms with Crippen molar-refractivity contribution < 1.29 is 0 Å². The van der Waals surface area contributed by atoms with Crippen molar-refractivity contribution in [2.45, 2.75) is 0 Å². The topological polar surface area (TPSA) is 56.5 Å². The molecule has 216 valence electrons. The van der Waals surface area contributed by atoms with Crippen molar-refractivity contribution in [3.8, 4) is 39.9 Å². The SMILES string of the molecule is c1ccc(-c2nc(-c3ccccc3)nc(-c3cccc([Si]4(c5ccccc5)c5ccccc5-n5c4nc4ccccc45)c3)n2)cc1. The minimum atomic E-state index is -2.85. The third-order valence-electron chi connectivity index (χ3n) is 8.91. The number of rotatable bonds is 5. The molecule has 0 amide bonds. The first-order valence-electron chi connectivity index (χ1n) is 15.4. The lowest BCUT2D eigenvalue weighted by Crippen LogP contribution is -2.73. The van der Waals surface area contributed by atoms with Crippen LogP contribution in [0.5, 0.6) is 0 Å². The molecule has 8 aromatic rings. The van der Waals surface area contributed by atoms with Crippen LogP contribution in [-0.2, 0) is 0 Å². The molecule has 1 unspecified atom stereocenters. The standard InChI is InChI=1S/C40H27N5Si/c1-4-15-28(16-5-1)37-42-38(29-17-6-2-7-18-29)44-39(43-37)30-19-14-22-32(27-30)46(31-20-8-3-9-21-31)36-26-13-12-25-35(36)45-34-24-11-10-23-33(34)41-40(45)46/h1-27H. The van der Waals surface area contributed by atoms with Crippen LogP contribution in [0.3, 0.4) is 0 Å². The molecule has 0 N–H and O–H groups in total. The van der Waals surface area contributed by atoms with E-state index in [9.17, 15) is 0 Å². The molecule has 9 rings (SSSR count). The molecule has 0 radical (unpaired) electrons. The van der Waals surface area contributed by atoms with Gasteiger partial charge in [-0.3, -0.25) is 4.57 Å². The second-order valence-electron chi connectivity index (χ2n) is 11.5. The zero-order valence-electron chi connectivity index (χ0n) is 24.8. The molecule has 3 heterocycles. The predicted octanol–water partition coefficient (Wildman–Crippen LogP) is 5.90. The molecule has 6 heteroatoms. The summed E-state index contributed by atoms with van der Waals surface area (Å²) in [4.78, 5) is 20.4. The van der Waals surface area contributed by atoms with Crippen molar-refractivity contribution in [3.05, 3.63) is 164 Å². The quantitative estimate of drug-likeness (QED) is 0.229. The van der Waals surface area contributed by atoms with Gasteiger partial charge in [-0.2, -0.15) is 0 Å². The minimum absolute atomic E-state index is 0.645. The number of benzene rings is 6. The Balaban J connectivity index is 1.32. The maximum Gasteiger partial charge on any atom is 0.226 e. The van der Waals surface area contributed by atoms with Crippen molar-refractivity contribution in [3.63, 3.8) is 0 Å². The Morgan fingerprint density at radius 2 is 0.935 bits per heavy atom. The number of hydrogen-bond acceptors (Lipinski definition) is 4. The van der Waals surface area contributed by atoms with Crippen LogP contribution in [0, 0.1) is 0 Å². The van der Waals surface area contributed by atoms with Gasteiger partial charge in [-0.05, 0) is 33.8 Å². The van der Waals surface area contributed by atoms with Crippen LogP contribution in [-0.4, -0.2) is 32.6 Å². The van der Waals surface area contributed by atoms with Crippen LogP contribution in [0.4, 0.5) is 0 Å². The fourth-order valence-corrected chi connectivity index (χ4v) is 11.8. The smallest absolute Gasteiger partial charge is 0.226 e. The molecule has 5 nitrogen and oxygen atoms in total. The Bertz CT molecular complexity index is 2310. The van der Waals surface area contributed by atoms with Crippen molar-refractivity contribution in [2.75, 3.05) is 0 Å².